The summed E-state index contributed by atoms with van der Waals surface area (Å²) in [4.78, 5) is 27.4. The van der Waals surface area contributed by atoms with Crippen LogP contribution in [0.4, 0.5) is 11.4 Å². The first-order valence-corrected chi connectivity index (χ1v) is 13.2. The highest BCUT2D eigenvalue weighted by Gasteiger charge is 2.39. The SMILES string of the molecule is CS(=O)(=O)c1ccccc1-c1ccc(N2CCO[C@H]([C@@H](O)C(=O)Nc3ccc(C(=N)N)cc3)C2=O)cc1.Cl. The molecule has 0 aliphatic carbocycles. The summed E-state index contributed by atoms with van der Waals surface area (Å²) in [5, 5.41) is 20.5. The van der Waals surface area contributed by atoms with Gasteiger partial charge in [0.15, 0.2) is 22.0 Å². The molecule has 5 N–H and O–H groups in total. The van der Waals surface area contributed by atoms with Gasteiger partial charge in [-0.05, 0) is 48.0 Å². The first kappa shape index (κ1) is 28.8. The summed E-state index contributed by atoms with van der Waals surface area (Å²) in [6.45, 7) is 0.322. The molecule has 1 fully saturated rings. The molecule has 1 saturated heterocycles. The fourth-order valence-electron chi connectivity index (χ4n) is 4.02. The van der Waals surface area contributed by atoms with E-state index >= 15 is 0 Å². The number of sulfone groups is 1. The number of ether oxygens (including phenoxy) is 1. The van der Waals surface area contributed by atoms with E-state index in [9.17, 15) is 23.1 Å². The van der Waals surface area contributed by atoms with Crippen LogP contribution in [0.25, 0.3) is 11.1 Å². The molecule has 2 atom stereocenters. The number of hydrogen-bond donors (Lipinski definition) is 4. The lowest BCUT2D eigenvalue weighted by Gasteiger charge is -2.34. The Bertz CT molecular complexity index is 1450. The highest BCUT2D eigenvalue weighted by atomic mass is 35.5. The zero-order valence-corrected chi connectivity index (χ0v) is 22.0. The number of rotatable bonds is 7. The summed E-state index contributed by atoms with van der Waals surface area (Å²) in [6.07, 6.45) is -2.02. The number of amides is 2. The van der Waals surface area contributed by atoms with Crippen LogP contribution in [-0.2, 0) is 24.2 Å². The van der Waals surface area contributed by atoms with Crippen LogP contribution in [0.1, 0.15) is 5.56 Å². The lowest BCUT2D eigenvalue weighted by molar-refractivity contribution is -0.150. The molecule has 1 aliphatic rings. The Morgan fingerprint density at radius 2 is 1.74 bits per heavy atom. The molecule has 12 heteroatoms. The summed E-state index contributed by atoms with van der Waals surface area (Å²) < 4.78 is 29.8. The molecular formula is C26H27ClN4O6S. The first-order valence-electron chi connectivity index (χ1n) is 11.3. The molecule has 0 saturated carbocycles. The van der Waals surface area contributed by atoms with Crippen molar-refractivity contribution in [1.29, 1.82) is 5.41 Å². The molecule has 38 heavy (non-hydrogen) atoms. The second kappa shape index (κ2) is 11.7. The van der Waals surface area contributed by atoms with Crippen LogP contribution in [-0.4, -0.2) is 62.8 Å². The molecule has 0 spiro atoms. The topological polar surface area (TPSA) is 163 Å². The van der Waals surface area contributed by atoms with Crippen molar-refractivity contribution in [2.75, 3.05) is 29.6 Å². The van der Waals surface area contributed by atoms with Crippen LogP contribution in [0.3, 0.4) is 0 Å². The summed E-state index contributed by atoms with van der Waals surface area (Å²) in [5.74, 6) is -1.51. The number of carbonyl (C=O) groups is 2. The third-order valence-electron chi connectivity index (χ3n) is 5.92. The van der Waals surface area contributed by atoms with Crippen LogP contribution >= 0.6 is 12.4 Å². The van der Waals surface area contributed by atoms with Crippen molar-refractivity contribution < 1.29 is 27.9 Å². The summed E-state index contributed by atoms with van der Waals surface area (Å²) >= 11 is 0. The van der Waals surface area contributed by atoms with Gasteiger partial charge >= 0.3 is 0 Å². The number of morpholine rings is 1. The molecule has 1 heterocycles. The molecule has 0 radical (unpaired) electrons. The van der Waals surface area contributed by atoms with Gasteiger partial charge in [-0.3, -0.25) is 15.0 Å². The van der Waals surface area contributed by atoms with Gasteiger partial charge < -0.3 is 25.8 Å². The van der Waals surface area contributed by atoms with Crippen LogP contribution in [0.5, 0.6) is 0 Å². The van der Waals surface area contributed by atoms with Crippen molar-refractivity contribution in [1.82, 2.24) is 0 Å². The smallest absolute Gasteiger partial charge is 0.259 e. The van der Waals surface area contributed by atoms with Crippen LogP contribution in [0, 0.1) is 5.41 Å². The van der Waals surface area contributed by atoms with Crippen LogP contribution in [0.15, 0.2) is 77.7 Å². The second-order valence-electron chi connectivity index (χ2n) is 8.52. The fraction of sp³-hybridized carbons (Fsp3) is 0.192. The van der Waals surface area contributed by atoms with Crippen molar-refractivity contribution in [2.24, 2.45) is 5.73 Å². The van der Waals surface area contributed by atoms with Crippen LogP contribution in [0.2, 0.25) is 0 Å². The van der Waals surface area contributed by atoms with Gasteiger partial charge in [0.2, 0.25) is 0 Å². The Labute approximate surface area is 226 Å². The van der Waals surface area contributed by atoms with E-state index < -0.39 is 33.9 Å². The van der Waals surface area contributed by atoms with Crippen molar-refractivity contribution in [2.45, 2.75) is 17.1 Å². The van der Waals surface area contributed by atoms with Crippen molar-refractivity contribution in [3.05, 3.63) is 78.4 Å². The van der Waals surface area contributed by atoms with Gasteiger partial charge in [-0.15, -0.1) is 12.4 Å². The minimum atomic E-state index is -3.44. The minimum absolute atomic E-state index is 0. The van der Waals surface area contributed by atoms with Crippen molar-refractivity contribution >= 4 is 51.3 Å². The van der Waals surface area contributed by atoms with Crippen molar-refractivity contribution in [3.8, 4) is 11.1 Å². The Morgan fingerprint density at radius 1 is 1.11 bits per heavy atom. The molecule has 4 rings (SSSR count). The standard InChI is InChI=1S/C26H26N4O6S.ClH/c1-37(34,35)21-5-3-2-4-20(21)16-8-12-19(13-9-16)30-14-15-36-23(26(30)33)22(31)25(32)29-18-10-6-17(7-11-18)24(27)28;/h2-13,22-23,31H,14-15H2,1H3,(H3,27,28)(H,29,32);1H/t22-,23-;/m1./s1. The fourth-order valence-corrected chi connectivity index (χ4v) is 4.94. The average Bonchev–Trinajstić information content (AvgIpc) is 2.88. The number of hydrogen-bond acceptors (Lipinski definition) is 7. The van der Waals surface area contributed by atoms with Gasteiger partial charge in [-0.25, -0.2) is 8.42 Å². The lowest BCUT2D eigenvalue weighted by atomic mass is 10.0. The maximum absolute atomic E-state index is 13.1. The molecule has 200 valence electrons. The maximum atomic E-state index is 13.1. The number of benzene rings is 3. The third-order valence-corrected chi connectivity index (χ3v) is 7.07. The van der Waals surface area contributed by atoms with Gasteiger partial charge in [-0.1, -0.05) is 30.3 Å². The molecule has 1 aliphatic heterocycles. The van der Waals surface area contributed by atoms with E-state index in [-0.39, 0.29) is 36.3 Å². The highest BCUT2D eigenvalue weighted by Crippen LogP contribution is 2.30. The van der Waals surface area contributed by atoms with E-state index in [1.807, 2.05) is 0 Å². The number of anilines is 2. The van der Waals surface area contributed by atoms with E-state index in [1.54, 1.807) is 60.7 Å². The molecule has 3 aromatic carbocycles. The highest BCUT2D eigenvalue weighted by molar-refractivity contribution is 7.90. The zero-order valence-electron chi connectivity index (χ0n) is 20.3. The third kappa shape index (κ3) is 6.20. The Kier molecular flexibility index (Phi) is 8.89. The van der Waals surface area contributed by atoms with Gasteiger partial charge in [0.25, 0.3) is 11.8 Å². The molecule has 0 bridgehead atoms. The number of nitrogen functional groups attached to an aromatic ring is 1. The lowest BCUT2D eigenvalue weighted by Crippen LogP contribution is -2.55. The van der Waals surface area contributed by atoms with E-state index in [2.05, 4.69) is 5.32 Å². The number of nitrogens with one attached hydrogen (secondary N) is 2. The number of carbonyl (C=O) groups excluding carboxylic acids is 2. The molecule has 3 aromatic rings. The van der Waals surface area contributed by atoms with Crippen molar-refractivity contribution in [3.63, 3.8) is 0 Å². The average molecular weight is 559 g/mol. The Balaban J connectivity index is 0.00000400. The maximum Gasteiger partial charge on any atom is 0.259 e. The predicted octanol–water partition coefficient (Wildman–Crippen LogP) is 2.19. The molecule has 0 unspecified atom stereocenters. The van der Waals surface area contributed by atoms with E-state index in [0.29, 0.717) is 28.1 Å². The molecule has 0 aromatic heterocycles. The zero-order chi connectivity index (χ0) is 26.7. The largest absolute Gasteiger partial charge is 0.384 e. The van der Waals surface area contributed by atoms with Gasteiger partial charge in [-0.2, -0.15) is 0 Å². The molecule has 10 nitrogen and oxygen atoms in total. The quantitative estimate of drug-likeness (QED) is 0.255. The normalized spacial score (nSPS) is 16.3. The van der Waals surface area contributed by atoms with Gasteiger partial charge in [0.1, 0.15) is 5.84 Å². The number of halogens is 1. The summed E-state index contributed by atoms with van der Waals surface area (Å²) in [6, 6.07) is 19.6. The first-order chi connectivity index (χ1) is 17.6. The van der Waals surface area contributed by atoms with E-state index in [4.69, 9.17) is 15.9 Å². The van der Waals surface area contributed by atoms with Gasteiger partial charge in [0, 0.05) is 35.3 Å². The minimum Gasteiger partial charge on any atom is -0.384 e. The Morgan fingerprint density at radius 3 is 2.34 bits per heavy atom. The monoisotopic (exact) mass is 558 g/mol. The number of nitrogens with zero attached hydrogens (tertiary/aromatic N) is 1. The number of nitrogens with two attached hydrogens (primary N) is 1. The molecular weight excluding hydrogens is 532 g/mol. The summed E-state index contributed by atoms with van der Waals surface area (Å²) in [5.41, 5.74) is 7.99. The van der Waals surface area contributed by atoms with Crippen LogP contribution < -0.4 is 16.0 Å². The predicted molar refractivity (Wildman–Crippen MR) is 146 cm³/mol. The Hall–Kier alpha value is -3.77. The second-order valence-corrected chi connectivity index (χ2v) is 10.5. The van der Waals surface area contributed by atoms with Gasteiger partial charge in [0.05, 0.1) is 11.5 Å². The van der Waals surface area contributed by atoms with E-state index in [0.717, 1.165) is 6.26 Å². The number of amidine groups is 1. The molecule has 2 amide bonds. The summed E-state index contributed by atoms with van der Waals surface area (Å²) in [7, 11) is -3.44. The van der Waals surface area contributed by atoms with E-state index in [1.165, 1.54) is 17.0 Å². The number of aliphatic hydroxyl groups excluding tert-OH is 1. The number of aliphatic hydroxyl groups is 1.